The van der Waals surface area contributed by atoms with Crippen LogP contribution in [-0.4, -0.2) is 42.0 Å². The van der Waals surface area contributed by atoms with E-state index in [0.717, 1.165) is 17.3 Å². The van der Waals surface area contributed by atoms with Gasteiger partial charge in [-0.2, -0.15) is 0 Å². The smallest absolute Gasteiger partial charge is 0.257 e. The summed E-state index contributed by atoms with van der Waals surface area (Å²) in [7, 11) is 0. The lowest BCUT2D eigenvalue weighted by Crippen LogP contribution is -2.56. The third-order valence-electron chi connectivity index (χ3n) is 5.55. The standard InChI is InChI=1S/C19H23F2N3O/c1-15-5-6-16(25-15)12-23-10-8-19(20,21)18(13-23)7-11-24(14-18)17-4-2-3-9-22-17/h2-6,9H,7-8,10-14H2,1H3/t18-/m0/s1. The second-order valence-electron chi connectivity index (χ2n) is 7.32. The second kappa shape index (κ2) is 6.09. The van der Waals surface area contributed by atoms with E-state index in [2.05, 4.69) is 9.88 Å². The molecule has 0 saturated carbocycles. The summed E-state index contributed by atoms with van der Waals surface area (Å²) in [5, 5.41) is 0. The number of pyridine rings is 1. The molecule has 25 heavy (non-hydrogen) atoms. The van der Waals surface area contributed by atoms with E-state index in [0.29, 0.717) is 39.1 Å². The average Bonchev–Trinajstić information content (AvgIpc) is 3.20. The van der Waals surface area contributed by atoms with Crippen LogP contribution in [0.4, 0.5) is 14.6 Å². The van der Waals surface area contributed by atoms with Crippen molar-refractivity contribution in [3.8, 4) is 0 Å². The van der Waals surface area contributed by atoms with Gasteiger partial charge in [-0.15, -0.1) is 0 Å². The van der Waals surface area contributed by atoms with Crippen LogP contribution >= 0.6 is 0 Å². The van der Waals surface area contributed by atoms with Crippen molar-refractivity contribution in [2.45, 2.75) is 32.2 Å². The summed E-state index contributed by atoms with van der Waals surface area (Å²) in [6, 6.07) is 9.49. The fourth-order valence-electron chi connectivity index (χ4n) is 4.15. The Balaban J connectivity index is 1.52. The summed E-state index contributed by atoms with van der Waals surface area (Å²) in [6.45, 7) is 4.26. The highest BCUT2D eigenvalue weighted by Crippen LogP contribution is 2.50. The van der Waals surface area contributed by atoms with E-state index >= 15 is 0 Å². The Bertz CT molecular complexity index is 733. The van der Waals surface area contributed by atoms with Crippen molar-refractivity contribution in [1.29, 1.82) is 0 Å². The van der Waals surface area contributed by atoms with E-state index in [1.807, 2.05) is 42.2 Å². The molecule has 2 saturated heterocycles. The Morgan fingerprint density at radius 3 is 2.72 bits per heavy atom. The summed E-state index contributed by atoms with van der Waals surface area (Å²) in [5.41, 5.74) is -1.01. The van der Waals surface area contributed by atoms with Gasteiger partial charge >= 0.3 is 0 Å². The minimum absolute atomic E-state index is 0.0945. The van der Waals surface area contributed by atoms with Crippen LogP contribution in [0.15, 0.2) is 40.9 Å². The van der Waals surface area contributed by atoms with Gasteiger partial charge in [0.25, 0.3) is 5.92 Å². The van der Waals surface area contributed by atoms with Gasteiger partial charge in [0.1, 0.15) is 17.3 Å². The minimum Gasteiger partial charge on any atom is -0.465 e. The van der Waals surface area contributed by atoms with Crippen molar-refractivity contribution in [3.05, 3.63) is 48.0 Å². The lowest BCUT2D eigenvalue weighted by molar-refractivity contribution is -0.159. The molecule has 6 heteroatoms. The number of furan rings is 1. The van der Waals surface area contributed by atoms with E-state index in [-0.39, 0.29) is 6.42 Å². The van der Waals surface area contributed by atoms with Gasteiger partial charge < -0.3 is 9.32 Å². The predicted molar refractivity (Wildman–Crippen MR) is 91.8 cm³/mol. The molecule has 2 aromatic heterocycles. The molecule has 0 radical (unpaired) electrons. The van der Waals surface area contributed by atoms with Crippen molar-refractivity contribution in [1.82, 2.24) is 9.88 Å². The number of piperidine rings is 1. The number of likely N-dealkylation sites (tertiary alicyclic amines) is 1. The molecule has 0 aliphatic carbocycles. The number of rotatable bonds is 3. The molecule has 134 valence electrons. The Labute approximate surface area is 146 Å². The van der Waals surface area contributed by atoms with Crippen LogP contribution in [0.5, 0.6) is 0 Å². The van der Waals surface area contributed by atoms with Gasteiger partial charge in [-0.05, 0) is 37.6 Å². The zero-order chi connectivity index (χ0) is 17.5. The van der Waals surface area contributed by atoms with E-state index in [1.165, 1.54) is 0 Å². The van der Waals surface area contributed by atoms with Gasteiger partial charge in [0, 0.05) is 38.8 Å². The number of halogens is 2. The molecule has 1 spiro atoms. The first kappa shape index (κ1) is 16.5. The normalized spacial score (nSPS) is 26.4. The Morgan fingerprint density at radius 2 is 2.00 bits per heavy atom. The van der Waals surface area contributed by atoms with Crippen LogP contribution in [0.25, 0.3) is 0 Å². The molecular formula is C19H23F2N3O. The zero-order valence-electron chi connectivity index (χ0n) is 14.4. The SMILES string of the molecule is Cc1ccc(CN2CCC(F)(F)[C@@]3(CCN(c4ccccn4)C3)C2)o1. The first-order valence-corrected chi connectivity index (χ1v) is 8.79. The van der Waals surface area contributed by atoms with Crippen molar-refractivity contribution >= 4 is 5.82 Å². The molecule has 0 unspecified atom stereocenters. The summed E-state index contributed by atoms with van der Waals surface area (Å²) in [4.78, 5) is 8.43. The average molecular weight is 347 g/mol. The first-order chi connectivity index (χ1) is 12.0. The maximum Gasteiger partial charge on any atom is 0.257 e. The third-order valence-corrected chi connectivity index (χ3v) is 5.55. The van der Waals surface area contributed by atoms with Crippen LogP contribution < -0.4 is 4.90 Å². The Hall–Kier alpha value is -1.95. The van der Waals surface area contributed by atoms with E-state index in [1.54, 1.807) is 6.20 Å². The molecular weight excluding hydrogens is 324 g/mol. The van der Waals surface area contributed by atoms with Crippen molar-refractivity contribution in [3.63, 3.8) is 0 Å². The Morgan fingerprint density at radius 1 is 1.12 bits per heavy atom. The number of nitrogens with zero attached hydrogens (tertiary/aromatic N) is 3. The number of alkyl halides is 2. The maximum absolute atomic E-state index is 14.9. The third kappa shape index (κ3) is 3.03. The highest BCUT2D eigenvalue weighted by Gasteiger charge is 2.59. The van der Waals surface area contributed by atoms with E-state index < -0.39 is 11.3 Å². The molecule has 2 fully saturated rings. The maximum atomic E-state index is 14.9. The molecule has 4 heterocycles. The fourth-order valence-corrected chi connectivity index (χ4v) is 4.15. The lowest BCUT2D eigenvalue weighted by atomic mass is 9.75. The van der Waals surface area contributed by atoms with Crippen LogP contribution in [0, 0.1) is 12.3 Å². The Kier molecular flexibility index (Phi) is 4.02. The number of aromatic nitrogens is 1. The molecule has 2 aliphatic rings. The highest BCUT2D eigenvalue weighted by molar-refractivity contribution is 5.40. The predicted octanol–water partition coefficient (Wildman–Crippen LogP) is 3.72. The van der Waals surface area contributed by atoms with Crippen LogP contribution in [0.3, 0.4) is 0 Å². The van der Waals surface area contributed by atoms with Crippen molar-refractivity contribution in [2.24, 2.45) is 5.41 Å². The number of hydrogen-bond donors (Lipinski definition) is 0. The summed E-state index contributed by atoms with van der Waals surface area (Å²) in [6.07, 6.45) is 2.11. The summed E-state index contributed by atoms with van der Waals surface area (Å²) >= 11 is 0. The monoisotopic (exact) mass is 347 g/mol. The highest BCUT2D eigenvalue weighted by atomic mass is 19.3. The van der Waals surface area contributed by atoms with Crippen molar-refractivity contribution < 1.29 is 13.2 Å². The van der Waals surface area contributed by atoms with Crippen LogP contribution in [0.2, 0.25) is 0 Å². The van der Waals surface area contributed by atoms with Crippen molar-refractivity contribution in [2.75, 3.05) is 31.1 Å². The molecule has 4 nitrogen and oxygen atoms in total. The van der Waals surface area contributed by atoms with Gasteiger partial charge in [-0.3, -0.25) is 4.90 Å². The van der Waals surface area contributed by atoms with Gasteiger partial charge in [0.15, 0.2) is 0 Å². The second-order valence-corrected chi connectivity index (χ2v) is 7.32. The van der Waals surface area contributed by atoms with Gasteiger partial charge in [0.05, 0.1) is 12.0 Å². The topological polar surface area (TPSA) is 32.5 Å². The summed E-state index contributed by atoms with van der Waals surface area (Å²) < 4.78 is 35.4. The lowest BCUT2D eigenvalue weighted by Gasteiger charge is -2.45. The fraction of sp³-hybridized carbons (Fsp3) is 0.526. The van der Waals surface area contributed by atoms with E-state index in [4.69, 9.17) is 4.42 Å². The van der Waals surface area contributed by atoms with Gasteiger partial charge in [-0.1, -0.05) is 6.07 Å². The zero-order valence-corrected chi connectivity index (χ0v) is 14.4. The largest absolute Gasteiger partial charge is 0.465 e. The summed E-state index contributed by atoms with van der Waals surface area (Å²) in [5.74, 6) is -0.160. The number of hydrogen-bond acceptors (Lipinski definition) is 4. The molecule has 0 bridgehead atoms. The van der Waals surface area contributed by atoms with Crippen LogP contribution in [0.1, 0.15) is 24.4 Å². The molecule has 2 aliphatic heterocycles. The minimum atomic E-state index is -2.65. The van der Waals surface area contributed by atoms with Gasteiger partial charge in [0.2, 0.25) is 0 Å². The molecule has 4 rings (SSSR count). The number of aryl methyl sites for hydroxylation is 1. The molecule has 2 aromatic rings. The quantitative estimate of drug-likeness (QED) is 0.847. The first-order valence-electron chi connectivity index (χ1n) is 8.79. The molecule has 0 N–H and O–H groups in total. The molecule has 0 aromatic carbocycles. The molecule has 1 atom stereocenters. The number of anilines is 1. The molecule has 0 amide bonds. The van der Waals surface area contributed by atoms with E-state index in [9.17, 15) is 8.78 Å². The van der Waals surface area contributed by atoms with Gasteiger partial charge in [-0.25, -0.2) is 13.8 Å². The van der Waals surface area contributed by atoms with Crippen LogP contribution in [-0.2, 0) is 6.54 Å².